The first-order valence-electron chi connectivity index (χ1n) is 6.78. The smallest absolute Gasteiger partial charge is 0.123 e. The second-order valence-electron chi connectivity index (χ2n) is 5.12. The van der Waals surface area contributed by atoms with Crippen LogP contribution in [0.1, 0.15) is 5.56 Å². The van der Waals surface area contributed by atoms with E-state index in [9.17, 15) is 19.7 Å². The summed E-state index contributed by atoms with van der Waals surface area (Å²) in [6.07, 6.45) is -5.61. The molecule has 2 rings (SSSR count). The molecule has 0 unspecified atom stereocenters. The number of aliphatic hydroxyl groups is 4. The Labute approximate surface area is 121 Å². The van der Waals surface area contributed by atoms with E-state index >= 15 is 0 Å². The molecule has 0 aliphatic carbocycles. The quantitative estimate of drug-likeness (QED) is 0.466. The summed E-state index contributed by atoms with van der Waals surface area (Å²) >= 11 is 0. The minimum atomic E-state index is -1.37. The molecule has 0 radical (unpaired) electrons. The number of halogens is 1. The van der Waals surface area contributed by atoms with Gasteiger partial charge in [0.05, 0.1) is 12.7 Å². The van der Waals surface area contributed by atoms with Gasteiger partial charge in [-0.1, -0.05) is 12.1 Å². The lowest BCUT2D eigenvalue weighted by Gasteiger charge is -2.40. The third-order valence-electron chi connectivity index (χ3n) is 3.58. The Hall–Kier alpha value is -1.09. The Kier molecular flexibility index (Phi) is 5.63. The van der Waals surface area contributed by atoms with Gasteiger partial charge in [-0.15, -0.1) is 0 Å². The average Bonchev–Trinajstić information content (AvgIpc) is 2.49. The molecular formula is C14H20FNO5. The Morgan fingerprint density at radius 1 is 1.00 bits per heavy atom. The number of hydrogen-bond donors (Lipinski definition) is 5. The molecule has 118 valence electrons. The monoisotopic (exact) mass is 301 g/mol. The highest BCUT2D eigenvalue weighted by Crippen LogP contribution is 2.20. The molecule has 7 heteroatoms. The highest BCUT2D eigenvalue weighted by molar-refractivity contribution is 5.15. The van der Waals surface area contributed by atoms with Crippen LogP contribution in [0.15, 0.2) is 24.3 Å². The summed E-state index contributed by atoms with van der Waals surface area (Å²) in [6, 6.07) is 5.97. The van der Waals surface area contributed by atoms with Crippen molar-refractivity contribution in [1.29, 1.82) is 0 Å². The minimum Gasteiger partial charge on any atom is -0.394 e. The molecule has 21 heavy (non-hydrogen) atoms. The van der Waals surface area contributed by atoms with Crippen LogP contribution in [0, 0.1) is 5.82 Å². The van der Waals surface area contributed by atoms with Gasteiger partial charge >= 0.3 is 0 Å². The van der Waals surface area contributed by atoms with Gasteiger partial charge in [-0.25, -0.2) is 4.39 Å². The molecule has 0 aromatic heterocycles. The van der Waals surface area contributed by atoms with Crippen LogP contribution in [0.4, 0.5) is 4.39 Å². The van der Waals surface area contributed by atoms with E-state index in [0.29, 0.717) is 6.54 Å². The summed E-state index contributed by atoms with van der Waals surface area (Å²) in [6.45, 7) is 0.216. The topological polar surface area (TPSA) is 102 Å². The molecule has 0 bridgehead atoms. The normalized spacial score (nSPS) is 33.1. The van der Waals surface area contributed by atoms with Crippen LogP contribution in [0.2, 0.25) is 0 Å². The second kappa shape index (κ2) is 7.26. The van der Waals surface area contributed by atoms with Gasteiger partial charge in [-0.05, 0) is 17.7 Å². The van der Waals surface area contributed by atoms with Crippen LogP contribution < -0.4 is 5.32 Å². The average molecular weight is 301 g/mol. The van der Waals surface area contributed by atoms with Crippen LogP contribution in [0.3, 0.4) is 0 Å². The Morgan fingerprint density at radius 2 is 1.62 bits per heavy atom. The molecule has 1 aromatic rings. The lowest BCUT2D eigenvalue weighted by atomic mass is 9.95. The van der Waals surface area contributed by atoms with E-state index in [2.05, 4.69) is 5.32 Å². The Morgan fingerprint density at radius 3 is 2.24 bits per heavy atom. The number of rotatable bonds is 5. The molecule has 5 atom stereocenters. The summed E-state index contributed by atoms with van der Waals surface area (Å²) < 4.78 is 18.1. The van der Waals surface area contributed by atoms with Crippen molar-refractivity contribution in [2.75, 3.05) is 13.2 Å². The SMILES string of the molecule is OC[C@H]1O[C@@H](CNCc2ccc(F)cc2)[C@H](O)[C@@H](O)[C@@H]1O. The zero-order valence-electron chi connectivity index (χ0n) is 11.4. The van der Waals surface area contributed by atoms with Crippen molar-refractivity contribution in [3.8, 4) is 0 Å². The molecule has 6 nitrogen and oxygen atoms in total. The fraction of sp³-hybridized carbons (Fsp3) is 0.571. The standard InChI is InChI=1S/C14H20FNO5/c15-9-3-1-8(2-4-9)5-16-6-10-12(18)14(20)13(19)11(7-17)21-10/h1-4,10-14,16-20H,5-7H2/t10-,11+,12-,13+,14+/m0/s1. The first kappa shape index (κ1) is 16.3. The molecule has 0 amide bonds. The van der Waals surface area contributed by atoms with E-state index in [1.165, 1.54) is 12.1 Å². The number of benzene rings is 1. The molecule has 0 spiro atoms. The van der Waals surface area contributed by atoms with Crippen molar-refractivity contribution in [2.45, 2.75) is 37.1 Å². The predicted molar refractivity (Wildman–Crippen MR) is 71.9 cm³/mol. The summed E-state index contributed by atoms with van der Waals surface area (Å²) in [5, 5.41) is 41.3. The molecule has 5 N–H and O–H groups in total. The summed E-state index contributed by atoms with van der Waals surface area (Å²) in [7, 11) is 0. The zero-order chi connectivity index (χ0) is 15.4. The van der Waals surface area contributed by atoms with Gasteiger partial charge in [0.15, 0.2) is 0 Å². The highest BCUT2D eigenvalue weighted by Gasteiger charge is 2.42. The van der Waals surface area contributed by atoms with Crippen LogP contribution in [0.25, 0.3) is 0 Å². The fourth-order valence-corrected chi connectivity index (χ4v) is 2.31. The third-order valence-corrected chi connectivity index (χ3v) is 3.58. The van der Waals surface area contributed by atoms with Gasteiger partial charge < -0.3 is 30.5 Å². The van der Waals surface area contributed by atoms with Gasteiger partial charge in [0, 0.05) is 13.1 Å². The van der Waals surface area contributed by atoms with Crippen molar-refractivity contribution in [1.82, 2.24) is 5.32 Å². The molecule has 1 aliphatic heterocycles. The summed E-state index contributed by atoms with van der Waals surface area (Å²) in [5.41, 5.74) is 0.862. The van der Waals surface area contributed by atoms with Crippen molar-refractivity contribution in [2.24, 2.45) is 0 Å². The van der Waals surface area contributed by atoms with Crippen LogP contribution >= 0.6 is 0 Å². The molecule has 1 fully saturated rings. The molecule has 1 heterocycles. The minimum absolute atomic E-state index is 0.221. The van der Waals surface area contributed by atoms with E-state index in [1.54, 1.807) is 12.1 Å². The maximum atomic E-state index is 12.8. The van der Waals surface area contributed by atoms with Gasteiger partial charge in [0.25, 0.3) is 0 Å². The number of hydrogen-bond acceptors (Lipinski definition) is 6. The molecular weight excluding hydrogens is 281 g/mol. The van der Waals surface area contributed by atoms with E-state index < -0.39 is 37.1 Å². The maximum absolute atomic E-state index is 12.8. The van der Waals surface area contributed by atoms with Crippen LogP contribution in [-0.2, 0) is 11.3 Å². The summed E-state index contributed by atoms with van der Waals surface area (Å²) in [4.78, 5) is 0. The van der Waals surface area contributed by atoms with Crippen molar-refractivity contribution >= 4 is 0 Å². The van der Waals surface area contributed by atoms with E-state index in [0.717, 1.165) is 5.56 Å². The van der Waals surface area contributed by atoms with Gasteiger partial charge in [0.1, 0.15) is 30.2 Å². The van der Waals surface area contributed by atoms with Gasteiger partial charge in [0.2, 0.25) is 0 Å². The fourth-order valence-electron chi connectivity index (χ4n) is 2.31. The number of aliphatic hydroxyl groups excluding tert-OH is 4. The van der Waals surface area contributed by atoms with Crippen molar-refractivity contribution in [3.05, 3.63) is 35.6 Å². The zero-order valence-corrected chi connectivity index (χ0v) is 11.4. The van der Waals surface area contributed by atoms with E-state index in [1.807, 2.05) is 0 Å². The van der Waals surface area contributed by atoms with Crippen LogP contribution in [0.5, 0.6) is 0 Å². The first-order chi connectivity index (χ1) is 10.0. The van der Waals surface area contributed by atoms with Crippen molar-refractivity contribution in [3.63, 3.8) is 0 Å². The van der Waals surface area contributed by atoms with E-state index in [-0.39, 0.29) is 12.4 Å². The summed E-state index contributed by atoms with van der Waals surface area (Å²) in [5.74, 6) is -0.312. The molecule has 1 aliphatic rings. The van der Waals surface area contributed by atoms with Gasteiger partial charge in [-0.2, -0.15) is 0 Å². The number of nitrogens with one attached hydrogen (secondary N) is 1. The van der Waals surface area contributed by atoms with Crippen LogP contribution in [-0.4, -0.2) is 64.1 Å². The number of ether oxygens (including phenoxy) is 1. The van der Waals surface area contributed by atoms with Gasteiger partial charge in [-0.3, -0.25) is 0 Å². The lowest BCUT2D eigenvalue weighted by Crippen LogP contribution is -2.60. The lowest BCUT2D eigenvalue weighted by molar-refractivity contribution is -0.227. The maximum Gasteiger partial charge on any atom is 0.123 e. The molecule has 0 saturated carbocycles. The molecule has 1 saturated heterocycles. The van der Waals surface area contributed by atoms with Crippen molar-refractivity contribution < 1.29 is 29.6 Å². The van der Waals surface area contributed by atoms with E-state index in [4.69, 9.17) is 9.84 Å². The first-order valence-corrected chi connectivity index (χ1v) is 6.78. The molecule has 1 aromatic carbocycles. The predicted octanol–water partition coefficient (Wildman–Crippen LogP) is -1.24. The Bertz CT molecular complexity index is 441. The Balaban J connectivity index is 1.85. The second-order valence-corrected chi connectivity index (χ2v) is 5.12. The highest BCUT2D eigenvalue weighted by atomic mass is 19.1. The third kappa shape index (κ3) is 3.97. The largest absolute Gasteiger partial charge is 0.394 e.